The van der Waals surface area contributed by atoms with Crippen molar-refractivity contribution in [3.8, 4) is 5.69 Å². The summed E-state index contributed by atoms with van der Waals surface area (Å²) in [5, 5.41) is 17.8. The van der Waals surface area contributed by atoms with Crippen molar-refractivity contribution >= 4 is 0 Å². The zero-order valence-corrected chi connectivity index (χ0v) is 12.2. The van der Waals surface area contributed by atoms with E-state index in [-0.39, 0.29) is 12.0 Å². The van der Waals surface area contributed by atoms with E-state index in [1.54, 1.807) is 0 Å². The summed E-state index contributed by atoms with van der Waals surface area (Å²) in [5.74, 6) is 0. The fourth-order valence-electron chi connectivity index (χ4n) is 2.29. The van der Waals surface area contributed by atoms with Crippen LogP contribution < -0.4 is 0 Å². The largest absolute Gasteiger partial charge is 0.390 e. The third-order valence-corrected chi connectivity index (χ3v) is 3.19. The minimum Gasteiger partial charge on any atom is -0.390 e. The van der Waals surface area contributed by atoms with E-state index in [4.69, 9.17) is 0 Å². The molecule has 4 nitrogen and oxygen atoms in total. The first-order chi connectivity index (χ1) is 8.84. The molecule has 0 aliphatic carbocycles. The van der Waals surface area contributed by atoms with E-state index in [1.807, 2.05) is 4.68 Å². The van der Waals surface area contributed by atoms with Gasteiger partial charge in [-0.05, 0) is 31.0 Å². The van der Waals surface area contributed by atoms with Gasteiger partial charge in [-0.15, -0.1) is 5.10 Å². The van der Waals surface area contributed by atoms with Crippen LogP contribution in [-0.2, 0) is 12.0 Å². The lowest BCUT2D eigenvalue weighted by Gasteiger charge is -2.21. The number of aliphatic hydroxyl groups is 1. The number of rotatable bonds is 2. The molecule has 0 amide bonds. The molecule has 1 aromatic carbocycles. The van der Waals surface area contributed by atoms with Gasteiger partial charge in [0.25, 0.3) is 0 Å². The van der Waals surface area contributed by atoms with Gasteiger partial charge >= 0.3 is 0 Å². The van der Waals surface area contributed by atoms with Crippen molar-refractivity contribution < 1.29 is 5.11 Å². The first kappa shape index (κ1) is 13.7. The predicted octanol–water partition coefficient (Wildman–Crippen LogP) is 2.67. The molecule has 102 valence electrons. The van der Waals surface area contributed by atoms with Crippen molar-refractivity contribution in [3.05, 3.63) is 40.7 Å². The molecule has 19 heavy (non-hydrogen) atoms. The number of nitrogens with zero attached hydrogens (tertiary/aromatic N) is 3. The zero-order valence-electron chi connectivity index (χ0n) is 12.2. The maximum absolute atomic E-state index is 9.45. The van der Waals surface area contributed by atoms with E-state index in [2.05, 4.69) is 63.1 Å². The number of hydrogen-bond acceptors (Lipinski definition) is 3. The standard InChI is InChI=1S/C15H21N3O/c1-10-6-7-11(2)13(8-10)18-14(15(3,4)5)12(9-19)16-17-18/h6-8,19H,9H2,1-5H3. The quantitative estimate of drug-likeness (QED) is 0.902. The minimum atomic E-state index is -0.127. The Bertz CT molecular complexity index is 594. The van der Waals surface area contributed by atoms with Gasteiger partial charge < -0.3 is 5.11 Å². The summed E-state index contributed by atoms with van der Waals surface area (Å²) in [6.45, 7) is 10.3. The Morgan fingerprint density at radius 1 is 1.21 bits per heavy atom. The fourth-order valence-corrected chi connectivity index (χ4v) is 2.29. The molecule has 0 spiro atoms. The lowest BCUT2D eigenvalue weighted by Crippen LogP contribution is -2.20. The maximum atomic E-state index is 9.45. The highest BCUT2D eigenvalue weighted by molar-refractivity contribution is 5.44. The average Bonchev–Trinajstić information content (AvgIpc) is 2.75. The summed E-state index contributed by atoms with van der Waals surface area (Å²) in [6.07, 6.45) is 0. The molecule has 0 saturated heterocycles. The van der Waals surface area contributed by atoms with Crippen molar-refractivity contribution in [2.45, 2.75) is 46.6 Å². The third-order valence-electron chi connectivity index (χ3n) is 3.19. The third kappa shape index (κ3) is 2.54. The molecule has 0 saturated carbocycles. The van der Waals surface area contributed by atoms with Crippen LogP contribution in [0.1, 0.15) is 43.3 Å². The Balaban J connectivity index is 2.69. The Kier molecular flexibility index (Phi) is 3.45. The molecule has 0 aliphatic rings. The number of aliphatic hydroxyl groups excluding tert-OH is 1. The Morgan fingerprint density at radius 3 is 2.47 bits per heavy atom. The van der Waals surface area contributed by atoms with Crippen molar-refractivity contribution in [2.75, 3.05) is 0 Å². The van der Waals surface area contributed by atoms with Crippen LogP contribution in [0.2, 0.25) is 0 Å². The van der Waals surface area contributed by atoms with Gasteiger partial charge in [0.15, 0.2) is 0 Å². The lowest BCUT2D eigenvalue weighted by atomic mass is 9.90. The lowest BCUT2D eigenvalue weighted by molar-refractivity contribution is 0.273. The van der Waals surface area contributed by atoms with E-state index in [0.717, 1.165) is 16.9 Å². The molecule has 4 heteroatoms. The Labute approximate surface area is 114 Å². The SMILES string of the molecule is Cc1ccc(C)c(-n2nnc(CO)c2C(C)(C)C)c1. The van der Waals surface area contributed by atoms with Crippen molar-refractivity contribution in [1.29, 1.82) is 0 Å². The summed E-state index contributed by atoms with van der Waals surface area (Å²) < 4.78 is 1.86. The number of aromatic nitrogens is 3. The van der Waals surface area contributed by atoms with E-state index >= 15 is 0 Å². The smallest absolute Gasteiger partial charge is 0.112 e. The molecule has 2 aromatic rings. The van der Waals surface area contributed by atoms with Crippen LogP contribution in [0.15, 0.2) is 18.2 Å². The first-order valence-electron chi connectivity index (χ1n) is 6.48. The number of hydrogen-bond donors (Lipinski definition) is 1. The fraction of sp³-hybridized carbons (Fsp3) is 0.467. The molecule has 0 fully saturated rings. The minimum absolute atomic E-state index is 0.0858. The van der Waals surface area contributed by atoms with Crippen molar-refractivity contribution in [2.24, 2.45) is 0 Å². The van der Waals surface area contributed by atoms with Gasteiger partial charge in [0.05, 0.1) is 18.0 Å². The molecule has 0 radical (unpaired) electrons. The molecule has 0 unspecified atom stereocenters. The number of aryl methyl sites for hydroxylation is 2. The molecular formula is C15H21N3O. The zero-order chi connectivity index (χ0) is 14.2. The van der Waals surface area contributed by atoms with Crippen LogP contribution in [0, 0.1) is 13.8 Å². The van der Waals surface area contributed by atoms with Crippen molar-refractivity contribution in [1.82, 2.24) is 15.0 Å². The molecule has 0 aliphatic heterocycles. The second-order valence-electron chi connectivity index (χ2n) is 5.99. The van der Waals surface area contributed by atoms with Gasteiger partial charge in [-0.1, -0.05) is 38.1 Å². The highest BCUT2D eigenvalue weighted by Crippen LogP contribution is 2.28. The van der Waals surface area contributed by atoms with Crippen LogP contribution in [0.25, 0.3) is 5.69 Å². The van der Waals surface area contributed by atoms with Crippen LogP contribution in [-0.4, -0.2) is 20.1 Å². The van der Waals surface area contributed by atoms with Crippen LogP contribution in [0.5, 0.6) is 0 Å². The van der Waals surface area contributed by atoms with Crippen LogP contribution >= 0.6 is 0 Å². The van der Waals surface area contributed by atoms with Gasteiger partial charge in [-0.25, -0.2) is 4.68 Å². The summed E-state index contributed by atoms with van der Waals surface area (Å²) >= 11 is 0. The predicted molar refractivity (Wildman–Crippen MR) is 75.5 cm³/mol. The molecule has 1 heterocycles. The second-order valence-corrected chi connectivity index (χ2v) is 5.99. The first-order valence-corrected chi connectivity index (χ1v) is 6.48. The van der Waals surface area contributed by atoms with Gasteiger partial charge in [-0.2, -0.15) is 0 Å². The number of benzene rings is 1. The Hall–Kier alpha value is -1.68. The van der Waals surface area contributed by atoms with E-state index in [1.165, 1.54) is 5.56 Å². The van der Waals surface area contributed by atoms with E-state index in [0.29, 0.717) is 5.69 Å². The molecule has 0 bridgehead atoms. The Morgan fingerprint density at radius 2 is 1.89 bits per heavy atom. The van der Waals surface area contributed by atoms with Gasteiger partial charge in [0.2, 0.25) is 0 Å². The summed E-state index contributed by atoms with van der Waals surface area (Å²) in [5.41, 5.74) is 4.83. The highest BCUT2D eigenvalue weighted by Gasteiger charge is 2.26. The van der Waals surface area contributed by atoms with Gasteiger partial charge in [0.1, 0.15) is 5.69 Å². The summed E-state index contributed by atoms with van der Waals surface area (Å²) in [4.78, 5) is 0. The van der Waals surface area contributed by atoms with Gasteiger partial charge in [-0.3, -0.25) is 0 Å². The van der Waals surface area contributed by atoms with Gasteiger partial charge in [0, 0.05) is 5.41 Å². The van der Waals surface area contributed by atoms with Crippen LogP contribution in [0.4, 0.5) is 0 Å². The second kappa shape index (κ2) is 4.78. The maximum Gasteiger partial charge on any atom is 0.112 e. The molecule has 2 rings (SSSR count). The normalized spacial score (nSPS) is 11.9. The highest BCUT2D eigenvalue weighted by atomic mass is 16.3. The van der Waals surface area contributed by atoms with E-state index < -0.39 is 0 Å². The molecular weight excluding hydrogens is 238 g/mol. The summed E-state index contributed by atoms with van der Waals surface area (Å²) in [7, 11) is 0. The molecule has 1 aromatic heterocycles. The average molecular weight is 259 g/mol. The topological polar surface area (TPSA) is 50.9 Å². The molecule has 0 atom stereocenters. The molecule has 1 N–H and O–H groups in total. The van der Waals surface area contributed by atoms with Crippen LogP contribution in [0.3, 0.4) is 0 Å². The van der Waals surface area contributed by atoms with Crippen molar-refractivity contribution in [3.63, 3.8) is 0 Å². The van der Waals surface area contributed by atoms with E-state index in [9.17, 15) is 5.11 Å². The summed E-state index contributed by atoms with van der Waals surface area (Å²) in [6, 6.07) is 6.26. The monoisotopic (exact) mass is 259 g/mol.